The summed E-state index contributed by atoms with van der Waals surface area (Å²) in [5.74, 6) is -0.986. The van der Waals surface area contributed by atoms with Crippen molar-refractivity contribution in [1.82, 2.24) is 4.90 Å². The fourth-order valence-corrected chi connectivity index (χ4v) is 2.15. The van der Waals surface area contributed by atoms with Crippen molar-refractivity contribution in [1.29, 1.82) is 0 Å². The lowest BCUT2D eigenvalue weighted by Gasteiger charge is -2.34. The highest BCUT2D eigenvalue weighted by molar-refractivity contribution is 5.80. The molecule has 4 nitrogen and oxygen atoms in total. The molecule has 0 aliphatic rings. The Bertz CT molecular complexity index is 406. The number of carbonyl (C=O) groups is 1. The van der Waals surface area contributed by atoms with Crippen molar-refractivity contribution in [2.45, 2.75) is 38.8 Å². The SMILES string of the molecule is CCCN(CC(N)(C(=O)O)c1ccccc1)C(C)C. The number of hydrogen-bond acceptors (Lipinski definition) is 3. The second-order valence-corrected chi connectivity index (χ2v) is 5.21. The van der Waals surface area contributed by atoms with Gasteiger partial charge in [-0.1, -0.05) is 37.3 Å². The summed E-state index contributed by atoms with van der Waals surface area (Å²) in [6.07, 6.45) is 0.975. The Hall–Kier alpha value is -1.39. The topological polar surface area (TPSA) is 66.6 Å². The van der Waals surface area contributed by atoms with Crippen molar-refractivity contribution in [3.63, 3.8) is 0 Å². The number of benzene rings is 1. The first-order valence-electron chi connectivity index (χ1n) is 6.73. The fourth-order valence-electron chi connectivity index (χ4n) is 2.15. The lowest BCUT2D eigenvalue weighted by Crippen LogP contribution is -2.55. The summed E-state index contributed by atoms with van der Waals surface area (Å²) in [5.41, 5.74) is 5.47. The van der Waals surface area contributed by atoms with Gasteiger partial charge in [-0.3, -0.25) is 4.90 Å². The molecule has 0 aliphatic heterocycles. The predicted octanol–water partition coefficient (Wildman–Crippen LogP) is 2.05. The van der Waals surface area contributed by atoms with Gasteiger partial charge in [0.15, 0.2) is 5.54 Å². The third-order valence-electron chi connectivity index (χ3n) is 3.36. The number of aliphatic carboxylic acids is 1. The molecule has 3 N–H and O–H groups in total. The molecule has 0 radical (unpaired) electrons. The van der Waals surface area contributed by atoms with Gasteiger partial charge in [-0.05, 0) is 32.4 Å². The van der Waals surface area contributed by atoms with Crippen molar-refractivity contribution in [3.05, 3.63) is 35.9 Å². The molecule has 0 amide bonds. The van der Waals surface area contributed by atoms with Gasteiger partial charge in [0.25, 0.3) is 0 Å². The lowest BCUT2D eigenvalue weighted by molar-refractivity contribution is -0.144. The normalized spacial score (nSPS) is 14.6. The van der Waals surface area contributed by atoms with E-state index in [1.807, 2.05) is 18.2 Å². The molecular weight excluding hydrogens is 240 g/mol. The molecule has 1 atom stereocenters. The van der Waals surface area contributed by atoms with Crippen LogP contribution in [0.1, 0.15) is 32.8 Å². The standard InChI is InChI=1S/C15H24N2O2/c1-4-10-17(12(2)3)11-15(16,14(18)19)13-8-6-5-7-9-13/h5-9,12H,4,10-11,16H2,1-3H3,(H,18,19). The number of rotatable bonds is 7. The molecule has 0 saturated heterocycles. The van der Waals surface area contributed by atoms with Crippen molar-refractivity contribution in [2.75, 3.05) is 13.1 Å². The van der Waals surface area contributed by atoms with Gasteiger partial charge in [-0.15, -0.1) is 0 Å². The summed E-state index contributed by atoms with van der Waals surface area (Å²) in [6.45, 7) is 7.36. The smallest absolute Gasteiger partial charge is 0.329 e. The predicted molar refractivity (Wildman–Crippen MR) is 76.9 cm³/mol. The summed E-state index contributed by atoms with van der Waals surface area (Å²) >= 11 is 0. The first-order chi connectivity index (χ1) is 8.91. The number of carboxylic acid groups (broad SMARTS) is 1. The number of nitrogens with zero attached hydrogens (tertiary/aromatic N) is 1. The van der Waals surface area contributed by atoms with Gasteiger partial charge in [-0.25, -0.2) is 4.79 Å². The molecule has 1 aromatic rings. The summed E-state index contributed by atoms with van der Waals surface area (Å²) in [4.78, 5) is 13.7. The molecular formula is C15H24N2O2. The molecule has 0 bridgehead atoms. The second kappa shape index (κ2) is 6.68. The summed E-state index contributed by atoms with van der Waals surface area (Å²) in [5, 5.41) is 9.53. The highest BCUT2D eigenvalue weighted by Crippen LogP contribution is 2.21. The van der Waals surface area contributed by atoms with Gasteiger partial charge in [-0.2, -0.15) is 0 Å². The minimum absolute atomic E-state index is 0.269. The molecule has 0 fully saturated rings. The van der Waals surface area contributed by atoms with E-state index in [1.54, 1.807) is 12.1 Å². The van der Waals surface area contributed by atoms with Crippen LogP contribution in [0, 0.1) is 0 Å². The monoisotopic (exact) mass is 264 g/mol. The van der Waals surface area contributed by atoms with Crippen LogP contribution in [0.2, 0.25) is 0 Å². The maximum Gasteiger partial charge on any atom is 0.329 e. The zero-order valence-corrected chi connectivity index (χ0v) is 12.0. The Labute approximate surface area is 115 Å². The molecule has 1 aromatic carbocycles. The average molecular weight is 264 g/mol. The van der Waals surface area contributed by atoms with Gasteiger partial charge in [0.1, 0.15) is 0 Å². The maximum atomic E-state index is 11.6. The highest BCUT2D eigenvalue weighted by Gasteiger charge is 2.38. The Morgan fingerprint density at radius 1 is 1.37 bits per heavy atom. The first kappa shape index (κ1) is 15.7. The number of hydrogen-bond donors (Lipinski definition) is 2. The van der Waals surface area contributed by atoms with Crippen LogP contribution < -0.4 is 5.73 Å². The third-order valence-corrected chi connectivity index (χ3v) is 3.36. The molecule has 0 spiro atoms. The van der Waals surface area contributed by atoms with Crippen LogP contribution in [0.5, 0.6) is 0 Å². The molecule has 0 aromatic heterocycles. The van der Waals surface area contributed by atoms with E-state index in [0.717, 1.165) is 13.0 Å². The molecule has 0 saturated carbocycles. The average Bonchev–Trinajstić information content (AvgIpc) is 2.38. The van der Waals surface area contributed by atoms with E-state index in [0.29, 0.717) is 12.1 Å². The third kappa shape index (κ3) is 3.78. The van der Waals surface area contributed by atoms with E-state index in [1.165, 1.54) is 0 Å². The largest absolute Gasteiger partial charge is 0.480 e. The molecule has 106 valence electrons. The minimum atomic E-state index is -1.36. The highest BCUT2D eigenvalue weighted by atomic mass is 16.4. The van der Waals surface area contributed by atoms with Crippen LogP contribution in [-0.2, 0) is 10.3 Å². The van der Waals surface area contributed by atoms with Crippen molar-refractivity contribution in [2.24, 2.45) is 5.73 Å². The Kier molecular flexibility index (Phi) is 5.51. The maximum absolute atomic E-state index is 11.6. The summed E-state index contributed by atoms with van der Waals surface area (Å²) in [6, 6.07) is 9.32. The number of nitrogens with two attached hydrogens (primary N) is 1. The van der Waals surface area contributed by atoms with E-state index in [2.05, 4.69) is 25.7 Å². The molecule has 1 unspecified atom stereocenters. The number of carboxylic acids is 1. The van der Waals surface area contributed by atoms with E-state index in [-0.39, 0.29) is 6.04 Å². The van der Waals surface area contributed by atoms with Gasteiger partial charge >= 0.3 is 5.97 Å². The van der Waals surface area contributed by atoms with Crippen LogP contribution >= 0.6 is 0 Å². The van der Waals surface area contributed by atoms with Crippen molar-refractivity contribution >= 4 is 5.97 Å². The van der Waals surface area contributed by atoms with Crippen LogP contribution in [0.3, 0.4) is 0 Å². The van der Waals surface area contributed by atoms with Crippen LogP contribution in [0.25, 0.3) is 0 Å². The summed E-state index contributed by atoms with van der Waals surface area (Å²) in [7, 11) is 0. The second-order valence-electron chi connectivity index (χ2n) is 5.21. The molecule has 19 heavy (non-hydrogen) atoms. The van der Waals surface area contributed by atoms with E-state index in [4.69, 9.17) is 5.73 Å². The van der Waals surface area contributed by atoms with Gasteiger partial charge in [0.05, 0.1) is 0 Å². The summed E-state index contributed by atoms with van der Waals surface area (Å²) < 4.78 is 0. The van der Waals surface area contributed by atoms with Crippen molar-refractivity contribution < 1.29 is 9.90 Å². The van der Waals surface area contributed by atoms with Crippen molar-refractivity contribution in [3.8, 4) is 0 Å². The van der Waals surface area contributed by atoms with E-state index < -0.39 is 11.5 Å². The van der Waals surface area contributed by atoms with Gasteiger partial charge in [0.2, 0.25) is 0 Å². The van der Waals surface area contributed by atoms with E-state index in [9.17, 15) is 9.90 Å². The van der Waals surface area contributed by atoms with Gasteiger partial charge in [0, 0.05) is 12.6 Å². The first-order valence-corrected chi connectivity index (χ1v) is 6.73. The zero-order valence-electron chi connectivity index (χ0n) is 12.0. The Morgan fingerprint density at radius 3 is 2.37 bits per heavy atom. The molecule has 0 aliphatic carbocycles. The zero-order chi connectivity index (χ0) is 14.5. The van der Waals surface area contributed by atoms with Gasteiger partial charge < -0.3 is 10.8 Å². The molecule has 4 heteroatoms. The minimum Gasteiger partial charge on any atom is -0.480 e. The van der Waals surface area contributed by atoms with Crippen LogP contribution in [0.4, 0.5) is 0 Å². The Balaban J connectivity index is 3.03. The lowest BCUT2D eigenvalue weighted by atomic mass is 9.90. The van der Waals surface area contributed by atoms with Crippen LogP contribution in [-0.4, -0.2) is 35.1 Å². The quantitative estimate of drug-likeness (QED) is 0.791. The fraction of sp³-hybridized carbons (Fsp3) is 0.533. The molecule has 1 rings (SSSR count). The van der Waals surface area contributed by atoms with Crippen LogP contribution in [0.15, 0.2) is 30.3 Å². The Morgan fingerprint density at radius 2 is 1.95 bits per heavy atom. The van der Waals surface area contributed by atoms with E-state index >= 15 is 0 Å². The molecule has 0 heterocycles.